The molecule has 0 atom stereocenters. The fraction of sp³-hybridized carbons (Fsp3) is 0.541. The van der Waals surface area contributed by atoms with Gasteiger partial charge in [0.2, 0.25) is 5.91 Å². The van der Waals surface area contributed by atoms with Gasteiger partial charge >= 0.3 is 0 Å². The third-order valence-corrected chi connectivity index (χ3v) is 18.3. The number of nitrogens with zero attached hydrogens (tertiary/aromatic N) is 13. The monoisotopic (exact) mass is 1200 g/mol. The number of carbonyl (C=O) groups excluding carboxylic acids is 1. The van der Waals surface area contributed by atoms with Crippen LogP contribution in [0.3, 0.4) is 0 Å². The Labute approximate surface area is 529 Å². The summed E-state index contributed by atoms with van der Waals surface area (Å²) in [6, 6.07) is 23.8. The Kier molecular flexibility index (Phi) is 18.8. The SMILES string of the molecule is CC(=O)N1CCC(n2ccc3cnc(C(C)(C)C)nc32)CC1.CC(C)(C)c1ccc2ncn(C3COC3)c2c1.CC(C)(C)c1ncc2ccn(C3CCC3)c2n1.CC(C)(C)c1ncc2ccn(C3CCCCC3)c2n1.Cc1ccc2ccc(C(C)(C)C)cn12. The summed E-state index contributed by atoms with van der Waals surface area (Å²) < 4.78 is 16.7. The molecule has 10 aromatic rings. The van der Waals surface area contributed by atoms with Gasteiger partial charge < -0.3 is 32.3 Å². The highest BCUT2D eigenvalue weighted by molar-refractivity contribution is 5.78. The van der Waals surface area contributed by atoms with Crippen molar-refractivity contribution >= 4 is 55.6 Å². The van der Waals surface area contributed by atoms with Crippen LogP contribution in [0.5, 0.6) is 0 Å². The van der Waals surface area contributed by atoms with Crippen LogP contribution in [0.2, 0.25) is 0 Å². The van der Waals surface area contributed by atoms with E-state index in [9.17, 15) is 4.79 Å². The molecule has 1 amide bonds. The van der Waals surface area contributed by atoms with Crippen LogP contribution in [0.4, 0.5) is 0 Å². The summed E-state index contributed by atoms with van der Waals surface area (Å²) in [5.41, 5.74) is 11.2. The van der Waals surface area contributed by atoms with Gasteiger partial charge in [-0.3, -0.25) is 4.79 Å². The van der Waals surface area contributed by atoms with Crippen LogP contribution in [-0.4, -0.2) is 94.7 Å². The quantitative estimate of drug-likeness (QED) is 0.168. The smallest absolute Gasteiger partial charge is 0.219 e. The fourth-order valence-corrected chi connectivity index (χ4v) is 12.1. The Bertz CT molecular complexity index is 3920. The lowest BCUT2D eigenvalue weighted by Crippen LogP contribution is -2.37. The Balaban J connectivity index is 0.000000123. The Hall–Kier alpha value is -7.26. The third kappa shape index (κ3) is 15.0. The van der Waals surface area contributed by atoms with Crippen molar-refractivity contribution in [2.45, 2.75) is 233 Å². The van der Waals surface area contributed by atoms with Gasteiger partial charge in [0, 0.05) is 125 Å². The molecule has 11 heterocycles. The van der Waals surface area contributed by atoms with Gasteiger partial charge in [0.25, 0.3) is 0 Å². The van der Waals surface area contributed by atoms with Crippen molar-refractivity contribution in [3.63, 3.8) is 0 Å². The van der Waals surface area contributed by atoms with Crippen LogP contribution in [-0.2, 0) is 36.6 Å². The average Bonchev–Trinajstić information content (AvgIpc) is 1.91. The summed E-state index contributed by atoms with van der Waals surface area (Å²) in [6.07, 6.45) is 29.1. The van der Waals surface area contributed by atoms with Crippen molar-refractivity contribution in [1.82, 2.24) is 62.5 Å². The van der Waals surface area contributed by atoms with Gasteiger partial charge in [0.1, 0.15) is 34.4 Å². The highest BCUT2D eigenvalue weighted by atomic mass is 16.5. The highest BCUT2D eigenvalue weighted by Crippen LogP contribution is 2.36. The second-order valence-corrected chi connectivity index (χ2v) is 30.7. The van der Waals surface area contributed by atoms with Crippen LogP contribution < -0.4 is 0 Å². The minimum atomic E-state index is -0.0543. The van der Waals surface area contributed by atoms with Crippen molar-refractivity contribution in [3.05, 3.63) is 145 Å². The van der Waals surface area contributed by atoms with Gasteiger partial charge in [0.05, 0.1) is 36.6 Å². The number of imidazole rings is 1. The number of rotatable bonds is 4. The molecule has 2 aliphatic heterocycles. The van der Waals surface area contributed by atoms with Crippen LogP contribution in [0.15, 0.2) is 110 Å². The van der Waals surface area contributed by atoms with E-state index in [2.05, 4.69) is 239 Å². The maximum absolute atomic E-state index is 11.5. The molecule has 2 saturated carbocycles. The van der Waals surface area contributed by atoms with Crippen LogP contribution in [0.25, 0.3) is 49.7 Å². The van der Waals surface area contributed by atoms with Crippen molar-refractivity contribution in [2.75, 3.05) is 26.3 Å². The number of aryl methyl sites for hydroxylation is 1. The van der Waals surface area contributed by atoms with Gasteiger partial charge in [-0.25, -0.2) is 34.9 Å². The van der Waals surface area contributed by atoms with E-state index in [1.165, 1.54) is 84.6 Å². The number of fused-ring (bicyclic) bond motifs is 5. The third-order valence-electron chi connectivity index (χ3n) is 18.3. The number of pyridine rings is 1. The van der Waals surface area contributed by atoms with Gasteiger partial charge in [0.15, 0.2) is 0 Å². The number of hydrogen-bond donors (Lipinski definition) is 0. The number of carbonyl (C=O) groups is 1. The van der Waals surface area contributed by atoms with E-state index in [0.29, 0.717) is 24.2 Å². The van der Waals surface area contributed by atoms with Crippen molar-refractivity contribution in [1.29, 1.82) is 0 Å². The molecule has 14 rings (SSSR count). The molecule has 4 aliphatic rings. The van der Waals surface area contributed by atoms with Gasteiger partial charge in [-0.15, -0.1) is 0 Å². The first-order chi connectivity index (χ1) is 42.0. The molecule has 1 aromatic carbocycles. The van der Waals surface area contributed by atoms with Crippen LogP contribution >= 0.6 is 0 Å². The number of hydrogen-bond acceptors (Lipinski definition) is 9. The van der Waals surface area contributed by atoms with Crippen molar-refractivity contribution in [3.8, 4) is 0 Å². The van der Waals surface area contributed by atoms with E-state index >= 15 is 0 Å². The van der Waals surface area contributed by atoms with Crippen molar-refractivity contribution in [2.24, 2.45) is 0 Å². The second kappa shape index (κ2) is 25.9. The molecule has 9 aromatic heterocycles. The number of likely N-dealkylation sites (tertiary alicyclic amines) is 1. The summed E-state index contributed by atoms with van der Waals surface area (Å²) in [4.78, 5) is 45.7. The Morgan fingerprint density at radius 3 is 1.31 bits per heavy atom. The number of piperidine rings is 1. The molecule has 474 valence electrons. The van der Waals surface area contributed by atoms with Gasteiger partial charge in [-0.2, -0.15) is 0 Å². The molecule has 0 radical (unpaired) electrons. The number of ether oxygens (including phenoxy) is 1. The summed E-state index contributed by atoms with van der Waals surface area (Å²) in [5, 5.41) is 3.41. The lowest BCUT2D eigenvalue weighted by atomic mass is 9.87. The predicted octanol–water partition coefficient (Wildman–Crippen LogP) is 17.1. The minimum Gasteiger partial charge on any atom is -0.377 e. The van der Waals surface area contributed by atoms with E-state index in [1.807, 2.05) is 29.8 Å². The second-order valence-electron chi connectivity index (χ2n) is 30.7. The Morgan fingerprint density at radius 1 is 0.472 bits per heavy atom. The van der Waals surface area contributed by atoms with Gasteiger partial charge in [-0.05, 0) is 122 Å². The van der Waals surface area contributed by atoms with E-state index in [0.717, 1.165) is 89.8 Å². The maximum Gasteiger partial charge on any atom is 0.219 e. The van der Waals surface area contributed by atoms with E-state index in [-0.39, 0.29) is 33.0 Å². The van der Waals surface area contributed by atoms with Crippen LogP contribution in [0, 0.1) is 6.92 Å². The molecule has 89 heavy (non-hydrogen) atoms. The molecule has 15 heteroatoms. The molecule has 0 bridgehead atoms. The normalized spacial score (nSPS) is 16.7. The largest absolute Gasteiger partial charge is 0.377 e. The molecule has 2 saturated heterocycles. The highest BCUT2D eigenvalue weighted by Gasteiger charge is 2.28. The molecule has 0 unspecified atom stereocenters. The standard InChI is InChI=1S/C17H24N4O.C16H23N3.C14H19N3.C14H18N2O.C13H17N/c1-12(22)20-8-6-14(7-9-20)21-10-5-13-11-18-16(17(2,3)4)19-15(13)21;1-16(2,3)15-17-11-12-9-10-19(14(12)18-15)13-7-5-4-6-8-13;1-14(2,3)13-15-9-10-7-8-17(12(10)16-13)11-5-4-6-11;1-14(2,3)10-4-5-12-13(6-10)16(9-15-12)11-7-17-8-11;1-10-5-7-12-8-6-11(9-14(10)12)13(2,3)4/h5,10-11,14H,6-9H2,1-4H3;9-11,13H,4-8H2,1-3H3;7-9,11H,4-6H2,1-3H3;4-6,9,11H,7-8H2,1-3H3;5-9H,1-4H3. The summed E-state index contributed by atoms with van der Waals surface area (Å²) >= 11 is 0. The number of benzene rings is 1. The molecule has 0 spiro atoms. The zero-order valence-electron chi connectivity index (χ0n) is 56.7. The number of aromatic nitrogens is 12. The van der Waals surface area contributed by atoms with E-state index < -0.39 is 0 Å². The minimum absolute atomic E-state index is 0.00978. The average molecular weight is 1200 g/mol. The molecule has 4 fully saturated rings. The molecule has 0 N–H and O–H groups in total. The number of amides is 1. The topological polar surface area (TPSA) is 144 Å². The fourth-order valence-electron chi connectivity index (χ4n) is 12.1. The van der Waals surface area contributed by atoms with E-state index in [1.54, 1.807) is 6.92 Å². The van der Waals surface area contributed by atoms with E-state index in [4.69, 9.17) is 19.7 Å². The molecule has 2 aliphatic carbocycles. The van der Waals surface area contributed by atoms with Crippen molar-refractivity contribution < 1.29 is 9.53 Å². The first-order valence-corrected chi connectivity index (χ1v) is 32.9. The first-order valence-electron chi connectivity index (χ1n) is 32.9. The van der Waals surface area contributed by atoms with Gasteiger partial charge in [-0.1, -0.05) is 135 Å². The first kappa shape index (κ1) is 64.7. The molecule has 15 nitrogen and oxygen atoms in total. The summed E-state index contributed by atoms with van der Waals surface area (Å²) in [5.74, 6) is 2.93. The lowest BCUT2D eigenvalue weighted by Gasteiger charge is -2.32. The van der Waals surface area contributed by atoms with Crippen LogP contribution in [0.1, 0.15) is 233 Å². The summed E-state index contributed by atoms with van der Waals surface area (Å²) in [7, 11) is 0. The lowest BCUT2D eigenvalue weighted by molar-refractivity contribution is -0.130. The molecular weight excluding hydrogens is 1100 g/mol. The molecular formula is C74H101N13O2. The maximum atomic E-state index is 11.5. The zero-order valence-corrected chi connectivity index (χ0v) is 56.7. The predicted molar refractivity (Wildman–Crippen MR) is 363 cm³/mol. The Morgan fingerprint density at radius 2 is 0.910 bits per heavy atom. The zero-order chi connectivity index (χ0) is 63.8. The summed E-state index contributed by atoms with van der Waals surface area (Å²) in [6.45, 7) is 39.9.